The molecule has 24 heavy (non-hydrogen) atoms. The Kier molecular flexibility index (Phi) is 4.46. The second-order valence-electron chi connectivity index (χ2n) is 5.94. The highest BCUT2D eigenvalue weighted by Gasteiger charge is 2.23. The number of amides is 1. The molecule has 0 spiro atoms. The van der Waals surface area contributed by atoms with Gasteiger partial charge in [0.1, 0.15) is 0 Å². The number of anilines is 1. The zero-order valence-corrected chi connectivity index (χ0v) is 13.4. The van der Waals surface area contributed by atoms with E-state index in [2.05, 4.69) is 29.3 Å². The summed E-state index contributed by atoms with van der Waals surface area (Å²) in [7, 11) is 0. The van der Waals surface area contributed by atoms with Crippen LogP contribution in [-0.2, 0) is 6.42 Å². The lowest BCUT2D eigenvalue weighted by atomic mass is 10.1. The highest BCUT2D eigenvalue weighted by Crippen LogP contribution is 2.28. The number of hydrogen-bond acceptors (Lipinski definition) is 4. The van der Waals surface area contributed by atoms with E-state index in [0.717, 1.165) is 13.0 Å². The molecule has 1 heterocycles. The van der Waals surface area contributed by atoms with Gasteiger partial charge < -0.3 is 10.2 Å². The predicted molar refractivity (Wildman–Crippen MR) is 92.4 cm³/mol. The van der Waals surface area contributed by atoms with Crippen molar-refractivity contribution < 1.29 is 9.72 Å². The maximum Gasteiger partial charge on any atom is 0.269 e. The lowest BCUT2D eigenvalue weighted by Crippen LogP contribution is -2.41. The average molecular weight is 325 g/mol. The molecule has 6 heteroatoms. The molecule has 1 amide bonds. The maximum atomic E-state index is 12.2. The monoisotopic (exact) mass is 325 g/mol. The molecule has 1 N–H and O–H groups in total. The molecule has 3 rings (SSSR count). The molecule has 6 nitrogen and oxygen atoms in total. The minimum Gasteiger partial charge on any atom is -0.366 e. The minimum atomic E-state index is -0.478. The molecule has 1 aliphatic heterocycles. The van der Waals surface area contributed by atoms with Crippen LogP contribution >= 0.6 is 0 Å². The quantitative estimate of drug-likeness (QED) is 0.677. The second-order valence-corrected chi connectivity index (χ2v) is 5.94. The van der Waals surface area contributed by atoms with Gasteiger partial charge in [0.05, 0.1) is 4.92 Å². The Hall–Kier alpha value is -2.89. The summed E-state index contributed by atoms with van der Waals surface area (Å²) in [5.74, 6) is -0.218. The van der Waals surface area contributed by atoms with Crippen molar-refractivity contribution in [3.63, 3.8) is 0 Å². The molecule has 0 radical (unpaired) electrons. The Bertz CT molecular complexity index is 758. The van der Waals surface area contributed by atoms with Gasteiger partial charge in [0.25, 0.3) is 11.6 Å². The van der Waals surface area contributed by atoms with E-state index in [4.69, 9.17) is 0 Å². The normalized spacial score (nSPS) is 14.1. The minimum absolute atomic E-state index is 0.0198. The predicted octanol–water partition coefficient (Wildman–Crippen LogP) is 2.78. The van der Waals surface area contributed by atoms with Crippen molar-refractivity contribution in [3.8, 4) is 0 Å². The number of hydrogen-bond donors (Lipinski definition) is 1. The average Bonchev–Trinajstić information content (AvgIpc) is 3.03. The van der Waals surface area contributed by atoms with Crippen LogP contribution in [-0.4, -0.2) is 30.0 Å². The Morgan fingerprint density at radius 2 is 1.96 bits per heavy atom. The number of rotatable bonds is 5. The Morgan fingerprint density at radius 1 is 1.25 bits per heavy atom. The second kappa shape index (κ2) is 6.70. The first-order valence-corrected chi connectivity index (χ1v) is 7.93. The number of non-ortho nitro benzene ring substituents is 1. The summed E-state index contributed by atoms with van der Waals surface area (Å²) < 4.78 is 0. The number of nitrogens with zero attached hydrogens (tertiary/aromatic N) is 2. The smallest absolute Gasteiger partial charge is 0.269 e. The van der Waals surface area contributed by atoms with Gasteiger partial charge in [-0.3, -0.25) is 14.9 Å². The molecule has 124 valence electrons. The largest absolute Gasteiger partial charge is 0.366 e. The number of para-hydroxylation sites is 1. The van der Waals surface area contributed by atoms with Crippen LogP contribution < -0.4 is 10.2 Å². The van der Waals surface area contributed by atoms with Gasteiger partial charge >= 0.3 is 0 Å². The first-order valence-electron chi connectivity index (χ1n) is 7.93. The van der Waals surface area contributed by atoms with E-state index in [0.29, 0.717) is 12.1 Å². The maximum absolute atomic E-state index is 12.2. The van der Waals surface area contributed by atoms with Crippen molar-refractivity contribution >= 4 is 17.3 Å². The van der Waals surface area contributed by atoms with Gasteiger partial charge in [0.15, 0.2) is 0 Å². The molecule has 0 saturated heterocycles. The van der Waals surface area contributed by atoms with Crippen molar-refractivity contribution in [1.29, 1.82) is 0 Å². The summed E-state index contributed by atoms with van der Waals surface area (Å²) in [6.45, 7) is 3.55. The van der Waals surface area contributed by atoms with Crippen molar-refractivity contribution in [2.75, 3.05) is 18.0 Å². The number of fused-ring (bicyclic) bond motifs is 1. The number of nitro groups is 1. The van der Waals surface area contributed by atoms with E-state index in [9.17, 15) is 14.9 Å². The van der Waals surface area contributed by atoms with E-state index < -0.39 is 4.92 Å². The van der Waals surface area contributed by atoms with E-state index in [-0.39, 0.29) is 17.6 Å². The molecule has 0 bridgehead atoms. The van der Waals surface area contributed by atoms with Gasteiger partial charge in [-0.2, -0.15) is 0 Å². The summed E-state index contributed by atoms with van der Waals surface area (Å²) in [6, 6.07) is 14.1. The molecule has 0 aromatic heterocycles. The third-order valence-corrected chi connectivity index (χ3v) is 4.35. The highest BCUT2D eigenvalue weighted by molar-refractivity contribution is 5.94. The zero-order chi connectivity index (χ0) is 17.1. The molecule has 0 fully saturated rings. The summed E-state index contributed by atoms with van der Waals surface area (Å²) >= 11 is 0. The van der Waals surface area contributed by atoms with Crippen LogP contribution in [0.3, 0.4) is 0 Å². The fourth-order valence-electron chi connectivity index (χ4n) is 3.01. The van der Waals surface area contributed by atoms with Crippen LogP contribution in [0.2, 0.25) is 0 Å². The Labute approximate surface area is 140 Å². The summed E-state index contributed by atoms with van der Waals surface area (Å²) in [6.07, 6.45) is 1.02. The summed E-state index contributed by atoms with van der Waals surface area (Å²) in [5, 5.41) is 13.5. The molecule has 1 aliphatic rings. The Balaban J connectivity index is 1.59. The molecule has 0 unspecified atom stereocenters. The fraction of sp³-hybridized carbons (Fsp3) is 0.278. The van der Waals surface area contributed by atoms with E-state index >= 15 is 0 Å². The number of nitrogens with one attached hydrogen (secondary N) is 1. The lowest BCUT2D eigenvalue weighted by Gasteiger charge is -2.27. The van der Waals surface area contributed by atoms with E-state index in [1.807, 2.05) is 12.1 Å². The lowest BCUT2D eigenvalue weighted by molar-refractivity contribution is -0.384. The number of carbonyl (C=O) groups is 1. The van der Waals surface area contributed by atoms with E-state index in [1.54, 1.807) is 0 Å². The molecular formula is C18H19N3O3. The van der Waals surface area contributed by atoms with Crippen LogP contribution in [0.5, 0.6) is 0 Å². The van der Waals surface area contributed by atoms with Crippen molar-refractivity contribution in [2.45, 2.75) is 19.4 Å². The SMILES string of the molecule is C[C@@H](CNC(=O)c1ccc([N+](=O)[O-])cc1)N1CCc2ccccc21. The van der Waals surface area contributed by atoms with Crippen molar-refractivity contribution in [3.05, 3.63) is 69.8 Å². The topological polar surface area (TPSA) is 75.5 Å². The number of nitro benzene ring substituents is 1. The first kappa shape index (κ1) is 16.0. The molecule has 1 atom stereocenters. The van der Waals surface area contributed by atoms with Gasteiger partial charge in [-0.1, -0.05) is 18.2 Å². The van der Waals surface area contributed by atoms with Gasteiger partial charge in [-0.15, -0.1) is 0 Å². The standard InChI is InChI=1S/C18H19N3O3/c1-13(20-11-10-14-4-2-3-5-17(14)20)12-19-18(22)15-6-8-16(9-7-15)21(23)24/h2-9,13H,10-12H2,1H3,(H,19,22)/t13-/m0/s1. The summed E-state index contributed by atoms with van der Waals surface area (Å²) in [4.78, 5) is 24.7. The zero-order valence-electron chi connectivity index (χ0n) is 13.4. The van der Waals surface area contributed by atoms with Crippen molar-refractivity contribution in [2.24, 2.45) is 0 Å². The number of benzene rings is 2. The highest BCUT2D eigenvalue weighted by atomic mass is 16.6. The van der Waals surface area contributed by atoms with Crippen molar-refractivity contribution in [1.82, 2.24) is 5.32 Å². The molecule has 2 aromatic rings. The van der Waals surface area contributed by atoms with Crippen LogP contribution in [0.15, 0.2) is 48.5 Å². The van der Waals surface area contributed by atoms with Crippen LogP contribution in [0, 0.1) is 10.1 Å². The molecule has 2 aromatic carbocycles. The van der Waals surface area contributed by atoms with E-state index in [1.165, 1.54) is 35.5 Å². The third kappa shape index (κ3) is 3.22. The summed E-state index contributed by atoms with van der Waals surface area (Å²) in [5.41, 5.74) is 2.98. The van der Waals surface area contributed by atoms with Gasteiger partial charge in [0.2, 0.25) is 0 Å². The fourth-order valence-corrected chi connectivity index (χ4v) is 3.01. The number of carbonyl (C=O) groups excluding carboxylic acids is 1. The van der Waals surface area contributed by atoms with Crippen LogP contribution in [0.4, 0.5) is 11.4 Å². The van der Waals surface area contributed by atoms with Gasteiger partial charge in [-0.25, -0.2) is 0 Å². The van der Waals surface area contributed by atoms with Gasteiger partial charge in [0, 0.05) is 42.5 Å². The third-order valence-electron chi connectivity index (χ3n) is 4.35. The van der Waals surface area contributed by atoms with Crippen LogP contribution in [0.25, 0.3) is 0 Å². The first-order chi connectivity index (χ1) is 11.6. The van der Waals surface area contributed by atoms with Crippen LogP contribution in [0.1, 0.15) is 22.8 Å². The molecular weight excluding hydrogens is 306 g/mol. The van der Waals surface area contributed by atoms with Gasteiger partial charge in [-0.05, 0) is 37.1 Å². The Morgan fingerprint density at radius 3 is 2.67 bits per heavy atom. The molecule has 0 saturated carbocycles. The molecule has 0 aliphatic carbocycles.